The first kappa shape index (κ1) is 10.5. The van der Waals surface area contributed by atoms with E-state index in [1.807, 2.05) is 24.3 Å². The number of nitrogens with zero attached hydrogens (tertiary/aromatic N) is 3. The molecule has 5 nitrogen and oxygen atoms in total. The van der Waals surface area contributed by atoms with E-state index in [-0.39, 0.29) is 5.91 Å². The number of nitrogens with one attached hydrogen (secondary N) is 1. The van der Waals surface area contributed by atoms with E-state index in [9.17, 15) is 4.79 Å². The second-order valence-electron chi connectivity index (χ2n) is 3.76. The number of imidazole rings is 1. The lowest BCUT2D eigenvalue weighted by molar-refractivity contribution is 0.100. The van der Waals surface area contributed by atoms with Crippen molar-refractivity contribution in [3.8, 4) is 0 Å². The number of aromatic nitrogens is 3. The third-order valence-corrected chi connectivity index (χ3v) is 2.57. The van der Waals surface area contributed by atoms with Crippen molar-refractivity contribution in [2.45, 2.75) is 0 Å². The van der Waals surface area contributed by atoms with Crippen LogP contribution in [0.4, 0.5) is 0 Å². The van der Waals surface area contributed by atoms with Crippen molar-refractivity contribution in [3.05, 3.63) is 60.7 Å². The van der Waals surface area contributed by atoms with Crippen molar-refractivity contribution in [2.24, 2.45) is 0 Å². The zero-order valence-electron chi connectivity index (χ0n) is 9.45. The van der Waals surface area contributed by atoms with Crippen LogP contribution in [0.5, 0.6) is 0 Å². The van der Waals surface area contributed by atoms with Gasteiger partial charge in [-0.25, -0.2) is 9.66 Å². The number of rotatable bonds is 2. The minimum atomic E-state index is -0.265. The SMILES string of the molecule is O=C(Nn1cnc2ccccc21)c1ccccn1. The Kier molecular flexibility index (Phi) is 2.49. The Hall–Kier alpha value is -2.69. The first-order valence-electron chi connectivity index (χ1n) is 5.49. The number of para-hydroxylation sites is 2. The van der Waals surface area contributed by atoms with Gasteiger partial charge in [0.1, 0.15) is 12.0 Å². The molecule has 2 heterocycles. The zero-order valence-corrected chi connectivity index (χ0v) is 9.45. The van der Waals surface area contributed by atoms with E-state index in [0.29, 0.717) is 5.69 Å². The molecule has 1 amide bonds. The van der Waals surface area contributed by atoms with Crippen LogP contribution in [0.15, 0.2) is 55.0 Å². The lowest BCUT2D eigenvalue weighted by atomic mass is 10.3. The van der Waals surface area contributed by atoms with Crippen LogP contribution in [0.3, 0.4) is 0 Å². The van der Waals surface area contributed by atoms with Crippen molar-refractivity contribution in [2.75, 3.05) is 5.43 Å². The summed E-state index contributed by atoms with van der Waals surface area (Å²) in [6.07, 6.45) is 3.16. The predicted molar refractivity (Wildman–Crippen MR) is 67.7 cm³/mol. The van der Waals surface area contributed by atoms with Crippen LogP contribution in [0.25, 0.3) is 11.0 Å². The molecule has 0 bridgehead atoms. The lowest BCUT2D eigenvalue weighted by Gasteiger charge is -2.05. The quantitative estimate of drug-likeness (QED) is 0.740. The Balaban J connectivity index is 1.91. The van der Waals surface area contributed by atoms with Crippen molar-refractivity contribution < 1.29 is 4.79 Å². The van der Waals surface area contributed by atoms with Gasteiger partial charge >= 0.3 is 0 Å². The maximum absolute atomic E-state index is 11.9. The standard InChI is InChI=1S/C13H10N4O/c18-13(11-6-3-4-8-14-11)16-17-9-15-10-5-1-2-7-12(10)17/h1-9H,(H,16,18). The fourth-order valence-corrected chi connectivity index (χ4v) is 1.71. The molecule has 0 saturated heterocycles. The van der Waals surface area contributed by atoms with Crippen molar-refractivity contribution in [3.63, 3.8) is 0 Å². The van der Waals surface area contributed by atoms with Gasteiger partial charge in [0.05, 0.1) is 11.0 Å². The second kappa shape index (κ2) is 4.29. The van der Waals surface area contributed by atoms with Gasteiger partial charge in [0.15, 0.2) is 0 Å². The molecule has 0 aliphatic heterocycles. The summed E-state index contributed by atoms with van der Waals surface area (Å²) in [6.45, 7) is 0. The largest absolute Gasteiger partial charge is 0.288 e. The molecule has 1 N–H and O–H groups in total. The number of amides is 1. The van der Waals surface area contributed by atoms with E-state index in [0.717, 1.165) is 11.0 Å². The minimum absolute atomic E-state index is 0.265. The first-order chi connectivity index (χ1) is 8.84. The van der Waals surface area contributed by atoms with Gasteiger partial charge in [-0.1, -0.05) is 18.2 Å². The van der Waals surface area contributed by atoms with Crippen LogP contribution in [-0.2, 0) is 0 Å². The minimum Gasteiger partial charge on any atom is -0.266 e. The normalized spacial score (nSPS) is 10.4. The first-order valence-corrected chi connectivity index (χ1v) is 5.49. The summed E-state index contributed by atoms with van der Waals surface area (Å²) in [4.78, 5) is 20.1. The fourth-order valence-electron chi connectivity index (χ4n) is 1.71. The number of carbonyl (C=O) groups excluding carboxylic acids is 1. The summed E-state index contributed by atoms with van der Waals surface area (Å²) in [6, 6.07) is 12.8. The van der Waals surface area contributed by atoms with E-state index in [4.69, 9.17) is 0 Å². The predicted octanol–water partition coefficient (Wildman–Crippen LogP) is 1.82. The van der Waals surface area contributed by atoms with Gasteiger partial charge in [-0.15, -0.1) is 0 Å². The molecular formula is C13H10N4O. The number of hydrogen-bond donors (Lipinski definition) is 1. The van der Waals surface area contributed by atoms with Gasteiger partial charge < -0.3 is 0 Å². The van der Waals surface area contributed by atoms with Gasteiger partial charge in [-0.3, -0.25) is 15.2 Å². The molecule has 5 heteroatoms. The van der Waals surface area contributed by atoms with Crippen LogP contribution in [-0.4, -0.2) is 20.6 Å². The average Bonchev–Trinajstić information content (AvgIpc) is 2.83. The van der Waals surface area contributed by atoms with Gasteiger partial charge in [0.25, 0.3) is 5.91 Å². The Morgan fingerprint density at radius 1 is 1.06 bits per heavy atom. The molecule has 0 spiro atoms. The highest BCUT2D eigenvalue weighted by molar-refractivity contribution is 5.99. The number of hydrogen-bond acceptors (Lipinski definition) is 3. The highest BCUT2D eigenvalue weighted by Gasteiger charge is 2.08. The molecule has 0 unspecified atom stereocenters. The van der Waals surface area contributed by atoms with Crippen molar-refractivity contribution >= 4 is 16.9 Å². The van der Waals surface area contributed by atoms with E-state index in [1.165, 1.54) is 0 Å². The summed E-state index contributed by atoms with van der Waals surface area (Å²) in [7, 11) is 0. The molecule has 0 fully saturated rings. The van der Waals surface area contributed by atoms with E-state index in [2.05, 4.69) is 15.4 Å². The molecule has 0 aliphatic rings. The molecule has 88 valence electrons. The Labute approximate surface area is 103 Å². The smallest absolute Gasteiger partial charge is 0.266 e. The zero-order chi connectivity index (χ0) is 12.4. The van der Waals surface area contributed by atoms with Crippen LogP contribution in [0.1, 0.15) is 10.5 Å². The Bertz CT molecular complexity index is 690. The monoisotopic (exact) mass is 238 g/mol. The van der Waals surface area contributed by atoms with Gasteiger partial charge in [0, 0.05) is 6.20 Å². The molecule has 0 radical (unpaired) electrons. The second-order valence-corrected chi connectivity index (χ2v) is 3.76. The summed E-state index contributed by atoms with van der Waals surface area (Å²) in [5.74, 6) is -0.265. The molecular weight excluding hydrogens is 228 g/mol. The van der Waals surface area contributed by atoms with Crippen LogP contribution in [0.2, 0.25) is 0 Å². The molecule has 0 saturated carbocycles. The van der Waals surface area contributed by atoms with Crippen LogP contribution in [0, 0.1) is 0 Å². The summed E-state index contributed by atoms with van der Waals surface area (Å²) < 4.78 is 1.59. The lowest BCUT2D eigenvalue weighted by Crippen LogP contribution is -2.22. The maximum Gasteiger partial charge on any atom is 0.288 e. The molecule has 0 atom stereocenters. The highest BCUT2D eigenvalue weighted by Crippen LogP contribution is 2.10. The van der Waals surface area contributed by atoms with E-state index in [1.54, 1.807) is 35.4 Å². The van der Waals surface area contributed by atoms with E-state index >= 15 is 0 Å². The van der Waals surface area contributed by atoms with Crippen LogP contribution >= 0.6 is 0 Å². The Morgan fingerprint density at radius 3 is 2.72 bits per heavy atom. The number of fused-ring (bicyclic) bond motifs is 1. The van der Waals surface area contributed by atoms with Crippen molar-refractivity contribution in [1.82, 2.24) is 14.6 Å². The number of pyridine rings is 1. The van der Waals surface area contributed by atoms with Crippen LogP contribution < -0.4 is 5.43 Å². The molecule has 1 aromatic carbocycles. The maximum atomic E-state index is 11.9. The fraction of sp³-hybridized carbons (Fsp3) is 0. The summed E-state index contributed by atoms with van der Waals surface area (Å²) >= 11 is 0. The number of benzene rings is 1. The topological polar surface area (TPSA) is 59.8 Å². The van der Waals surface area contributed by atoms with Gasteiger partial charge in [-0.05, 0) is 24.3 Å². The average molecular weight is 238 g/mol. The summed E-state index contributed by atoms with van der Waals surface area (Å²) in [5.41, 5.74) is 4.79. The third kappa shape index (κ3) is 1.82. The van der Waals surface area contributed by atoms with Crippen molar-refractivity contribution in [1.29, 1.82) is 0 Å². The van der Waals surface area contributed by atoms with Gasteiger partial charge in [0.2, 0.25) is 0 Å². The summed E-state index contributed by atoms with van der Waals surface area (Å²) in [5, 5.41) is 0. The van der Waals surface area contributed by atoms with E-state index < -0.39 is 0 Å². The Morgan fingerprint density at radius 2 is 1.89 bits per heavy atom. The molecule has 3 rings (SSSR count). The molecule has 3 aromatic rings. The van der Waals surface area contributed by atoms with Gasteiger partial charge in [-0.2, -0.15) is 0 Å². The third-order valence-electron chi connectivity index (χ3n) is 2.57. The highest BCUT2D eigenvalue weighted by atomic mass is 16.2. The molecule has 2 aromatic heterocycles. The molecule has 18 heavy (non-hydrogen) atoms. The number of carbonyl (C=O) groups is 1. The molecule has 0 aliphatic carbocycles.